The van der Waals surface area contributed by atoms with Crippen LogP contribution in [-0.2, 0) is 41.5 Å². The predicted octanol–water partition coefficient (Wildman–Crippen LogP) is 3.54. The van der Waals surface area contributed by atoms with Crippen molar-refractivity contribution in [1.82, 2.24) is 21.3 Å². The summed E-state index contributed by atoms with van der Waals surface area (Å²) in [7, 11) is 1.22. The maximum Gasteiger partial charge on any atom is 0.408 e. The second kappa shape index (κ2) is 13.5. The van der Waals surface area contributed by atoms with E-state index in [1.165, 1.54) is 7.11 Å². The van der Waals surface area contributed by atoms with E-state index in [1.54, 1.807) is 20.8 Å². The van der Waals surface area contributed by atoms with E-state index in [0.29, 0.717) is 0 Å². The number of hydrogen-bond donors (Lipinski definition) is 4. The van der Waals surface area contributed by atoms with E-state index < -0.39 is 60.6 Å². The van der Waals surface area contributed by atoms with Crippen molar-refractivity contribution in [1.29, 1.82) is 0 Å². The number of hydrogen-bond acceptors (Lipinski definition) is 7. The minimum absolute atomic E-state index is 0.100. The van der Waals surface area contributed by atoms with Crippen molar-refractivity contribution in [2.45, 2.75) is 44.8 Å². The molecule has 244 valence electrons. The Morgan fingerprint density at radius 2 is 1.21 bits per heavy atom. The smallest absolute Gasteiger partial charge is 0.408 e. The molecule has 4 aromatic rings. The number of benzene rings is 4. The second-order valence-electron chi connectivity index (χ2n) is 12.5. The first-order valence-corrected chi connectivity index (χ1v) is 15.3. The molecule has 0 bridgehead atoms. The number of nitrogens with one attached hydrogen (secondary N) is 4. The molecule has 4 aromatic carbocycles. The van der Waals surface area contributed by atoms with Crippen LogP contribution in [0.3, 0.4) is 0 Å². The summed E-state index contributed by atoms with van der Waals surface area (Å²) in [6.07, 6.45) is -0.569. The van der Waals surface area contributed by atoms with E-state index in [0.717, 1.165) is 43.8 Å². The third-order valence-electron chi connectivity index (χ3n) is 7.94. The van der Waals surface area contributed by atoms with Gasteiger partial charge < -0.3 is 30.7 Å². The monoisotopic (exact) mass is 638 g/mol. The lowest BCUT2D eigenvalue weighted by Gasteiger charge is -2.33. The van der Waals surface area contributed by atoms with Crippen molar-refractivity contribution < 1.29 is 33.4 Å². The highest BCUT2D eigenvalue weighted by Crippen LogP contribution is 2.44. The van der Waals surface area contributed by atoms with Gasteiger partial charge in [0.25, 0.3) is 0 Å². The Bertz CT molecular complexity index is 1790. The number of ether oxygens (including phenoxy) is 2. The summed E-state index contributed by atoms with van der Waals surface area (Å²) in [5.41, 5.74) is 1.31. The number of esters is 1. The Balaban J connectivity index is 1.50. The molecule has 0 saturated heterocycles. The van der Waals surface area contributed by atoms with Crippen LogP contribution in [0.5, 0.6) is 0 Å². The second-order valence-corrected chi connectivity index (χ2v) is 12.5. The first-order valence-electron chi connectivity index (χ1n) is 15.3. The third kappa shape index (κ3) is 7.51. The normalized spacial score (nSPS) is 13.4. The fourth-order valence-electron chi connectivity index (χ4n) is 5.95. The van der Waals surface area contributed by atoms with Crippen LogP contribution in [0.2, 0.25) is 0 Å². The molecule has 1 aliphatic rings. The molecular formula is C36H38N4O7. The van der Waals surface area contributed by atoms with Crippen LogP contribution in [0.1, 0.15) is 31.9 Å². The maximum atomic E-state index is 14.1. The van der Waals surface area contributed by atoms with Crippen molar-refractivity contribution in [3.8, 4) is 11.1 Å². The highest BCUT2D eigenvalue weighted by atomic mass is 16.6. The van der Waals surface area contributed by atoms with Gasteiger partial charge in [-0.25, -0.2) is 4.79 Å². The van der Waals surface area contributed by atoms with Gasteiger partial charge in [0.2, 0.25) is 17.7 Å². The molecule has 4 amide bonds. The molecular weight excluding hydrogens is 600 g/mol. The Kier molecular flexibility index (Phi) is 9.46. The summed E-state index contributed by atoms with van der Waals surface area (Å²) in [6, 6.07) is 23.9. The number of alkyl carbamates (subject to hydrolysis) is 1. The molecule has 0 saturated carbocycles. The number of amides is 4. The summed E-state index contributed by atoms with van der Waals surface area (Å²) < 4.78 is 9.88. The summed E-state index contributed by atoms with van der Waals surface area (Å²) in [5, 5.41) is 14.5. The largest absolute Gasteiger partial charge is 0.468 e. The van der Waals surface area contributed by atoms with Crippen molar-refractivity contribution in [2.75, 3.05) is 26.7 Å². The standard InChI is InChI=1S/C36H38N4O7/c1-35(2,3)47-34(45)39-19-28(41)37-20-29(42)40-36(33(44)38-21-30(43)46-4)17-24-15-13-22-9-5-7-11-26(22)31(24)32-25(18-36)16-14-23-10-6-8-12-27(23)32/h5-16H,17-21H2,1-4H3,(H,37,41)(H,38,44)(H,39,45)(H,40,42). The summed E-state index contributed by atoms with van der Waals surface area (Å²) in [4.78, 5) is 64.1. The first kappa shape index (κ1) is 32.9. The zero-order valence-electron chi connectivity index (χ0n) is 26.8. The van der Waals surface area contributed by atoms with Crippen molar-refractivity contribution >= 4 is 51.3 Å². The Morgan fingerprint density at radius 1 is 0.681 bits per heavy atom. The lowest BCUT2D eigenvalue weighted by molar-refractivity contribution is -0.142. The number of methoxy groups -OCH3 is 1. The summed E-state index contributed by atoms with van der Waals surface area (Å²) in [5.74, 6) is -2.47. The van der Waals surface area contributed by atoms with Crippen LogP contribution in [-0.4, -0.2) is 67.7 Å². The zero-order chi connectivity index (χ0) is 33.8. The highest BCUT2D eigenvalue weighted by molar-refractivity contribution is 6.09. The van der Waals surface area contributed by atoms with Crippen LogP contribution in [0.25, 0.3) is 32.7 Å². The van der Waals surface area contributed by atoms with E-state index >= 15 is 0 Å². The average molecular weight is 639 g/mol. The topological polar surface area (TPSA) is 152 Å². The van der Waals surface area contributed by atoms with Gasteiger partial charge in [0.05, 0.1) is 13.7 Å². The third-order valence-corrected chi connectivity index (χ3v) is 7.94. The van der Waals surface area contributed by atoms with E-state index in [2.05, 4.69) is 21.3 Å². The fraction of sp³-hybridized carbons (Fsp3) is 0.306. The fourth-order valence-corrected chi connectivity index (χ4v) is 5.95. The van der Waals surface area contributed by atoms with Crippen LogP contribution >= 0.6 is 0 Å². The van der Waals surface area contributed by atoms with Crippen LogP contribution in [0.4, 0.5) is 4.79 Å². The highest BCUT2D eigenvalue weighted by Gasteiger charge is 2.43. The Hall–Kier alpha value is -5.45. The molecule has 0 aromatic heterocycles. The van der Waals surface area contributed by atoms with Crippen molar-refractivity contribution in [3.05, 3.63) is 83.9 Å². The minimum Gasteiger partial charge on any atom is -0.468 e. The van der Waals surface area contributed by atoms with Crippen molar-refractivity contribution in [2.24, 2.45) is 0 Å². The molecule has 0 atom stereocenters. The van der Waals surface area contributed by atoms with Gasteiger partial charge >= 0.3 is 12.1 Å². The van der Waals surface area contributed by atoms with E-state index in [-0.39, 0.29) is 12.8 Å². The molecule has 0 radical (unpaired) electrons. The Morgan fingerprint density at radius 3 is 1.74 bits per heavy atom. The molecule has 0 aliphatic heterocycles. The maximum absolute atomic E-state index is 14.1. The van der Waals surface area contributed by atoms with E-state index in [4.69, 9.17) is 9.47 Å². The number of rotatable bonds is 8. The van der Waals surface area contributed by atoms with Gasteiger partial charge in [-0.15, -0.1) is 0 Å². The van der Waals surface area contributed by atoms with Gasteiger partial charge in [-0.05, 0) is 64.6 Å². The lowest BCUT2D eigenvalue weighted by Crippen LogP contribution is -2.63. The average Bonchev–Trinajstić information content (AvgIpc) is 3.19. The first-order chi connectivity index (χ1) is 22.4. The molecule has 11 nitrogen and oxygen atoms in total. The lowest BCUT2D eigenvalue weighted by atomic mass is 9.85. The van der Waals surface area contributed by atoms with E-state index in [1.807, 2.05) is 72.8 Å². The Labute approximate surface area is 272 Å². The van der Waals surface area contributed by atoms with Gasteiger partial charge in [-0.1, -0.05) is 72.8 Å². The van der Waals surface area contributed by atoms with Crippen LogP contribution in [0, 0.1) is 0 Å². The van der Waals surface area contributed by atoms with Crippen LogP contribution < -0.4 is 21.3 Å². The van der Waals surface area contributed by atoms with Gasteiger partial charge in [0.15, 0.2) is 0 Å². The molecule has 5 rings (SSSR count). The molecule has 1 aliphatic carbocycles. The van der Waals surface area contributed by atoms with Gasteiger partial charge in [-0.3, -0.25) is 19.2 Å². The summed E-state index contributed by atoms with van der Waals surface area (Å²) in [6.45, 7) is 3.83. The molecule has 0 fully saturated rings. The van der Waals surface area contributed by atoms with Gasteiger partial charge in [0, 0.05) is 12.8 Å². The zero-order valence-corrected chi connectivity index (χ0v) is 26.8. The SMILES string of the molecule is COC(=O)CNC(=O)C1(NC(=O)CNC(=O)CNC(=O)OC(C)(C)C)Cc2ccc3ccccc3c2-c2c(ccc3ccccc23)C1. The molecule has 47 heavy (non-hydrogen) atoms. The molecule has 4 N–H and O–H groups in total. The van der Waals surface area contributed by atoms with Crippen molar-refractivity contribution in [3.63, 3.8) is 0 Å². The number of carbonyl (C=O) groups is 5. The van der Waals surface area contributed by atoms with Gasteiger partial charge in [-0.2, -0.15) is 0 Å². The predicted molar refractivity (Wildman–Crippen MR) is 177 cm³/mol. The number of fused-ring (bicyclic) bond motifs is 7. The number of carbonyl (C=O) groups excluding carboxylic acids is 5. The quantitative estimate of drug-likeness (QED) is 0.216. The van der Waals surface area contributed by atoms with Gasteiger partial charge in [0.1, 0.15) is 24.2 Å². The molecule has 0 unspecified atom stereocenters. The minimum atomic E-state index is -1.55. The van der Waals surface area contributed by atoms with E-state index in [9.17, 15) is 24.0 Å². The van der Waals surface area contributed by atoms with Crippen LogP contribution in [0.15, 0.2) is 72.8 Å². The molecule has 11 heteroatoms. The molecule has 0 spiro atoms. The summed E-state index contributed by atoms with van der Waals surface area (Å²) >= 11 is 0. The molecule has 0 heterocycles.